The van der Waals surface area contributed by atoms with Crippen LogP contribution in [0.2, 0.25) is 0 Å². The zero-order valence-corrected chi connectivity index (χ0v) is 14.2. The van der Waals surface area contributed by atoms with E-state index in [0.29, 0.717) is 24.5 Å². The second-order valence-corrected chi connectivity index (χ2v) is 5.74. The SMILES string of the molecule is CC(c1ccc([N+](=O)[O-])cc1)N(C)CCOc1ccc(C(N)=O)cc1. The fourth-order valence-corrected chi connectivity index (χ4v) is 2.35. The van der Waals surface area contributed by atoms with Gasteiger partial charge in [-0.05, 0) is 43.8 Å². The van der Waals surface area contributed by atoms with Crippen molar-refractivity contribution < 1.29 is 14.5 Å². The van der Waals surface area contributed by atoms with E-state index in [1.165, 1.54) is 12.1 Å². The third-order valence-corrected chi connectivity index (χ3v) is 4.10. The summed E-state index contributed by atoms with van der Waals surface area (Å²) in [6.07, 6.45) is 0. The molecule has 1 amide bonds. The number of carbonyl (C=O) groups excluding carboxylic acids is 1. The van der Waals surface area contributed by atoms with Crippen molar-refractivity contribution in [2.24, 2.45) is 5.73 Å². The largest absolute Gasteiger partial charge is 0.492 e. The van der Waals surface area contributed by atoms with Crippen molar-refractivity contribution in [3.63, 3.8) is 0 Å². The molecule has 0 saturated heterocycles. The van der Waals surface area contributed by atoms with Gasteiger partial charge < -0.3 is 10.5 Å². The van der Waals surface area contributed by atoms with E-state index in [2.05, 4.69) is 4.90 Å². The van der Waals surface area contributed by atoms with Gasteiger partial charge in [-0.25, -0.2) is 0 Å². The normalized spacial score (nSPS) is 12.0. The number of nitrogens with zero attached hydrogens (tertiary/aromatic N) is 2. The summed E-state index contributed by atoms with van der Waals surface area (Å²) < 4.78 is 5.66. The van der Waals surface area contributed by atoms with Crippen LogP contribution in [0.25, 0.3) is 0 Å². The molecule has 0 bridgehead atoms. The minimum atomic E-state index is -0.469. The van der Waals surface area contributed by atoms with Crippen LogP contribution in [0.5, 0.6) is 5.75 Å². The summed E-state index contributed by atoms with van der Waals surface area (Å²) in [5, 5.41) is 10.7. The molecule has 2 rings (SSSR count). The fraction of sp³-hybridized carbons (Fsp3) is 0.278. The van der Waals surface area contributed by atoms with E-state index in [9.17, 15) is 14.9 Å². The van der Waals surface area contributed by atoms with Gasteiger partial charge in [-0.3, -0.25) is 19.8 Å². The molecule has 0 spiro atoms. The van der Waals surface area contributed by atoms with Crippen molar-refractivity contribution in [2.45, 2.75) is 13.0 Å². The molecule has 0 fully saturated rings. The maximum atomic E-state index is 11.0. The van der Waals surface area contributed by atoms with Gasteiger partial charge in [0.15, 0.2) is 0 Å². The molecule has 0 aliphatic heterocycles. The summed E-state index contributed by atoms with van der Waals surface area (Å²) in [7, 11) is 1.96. The molecule has 1 atom stereocenters. The number of rotatable bonds is 8. The molecule has 25 heavy (non-hydrogen) atoms. The van der Waals surface area contributed by atoms with E-state index < -0.39 is 10.8 Å². The minimum Gasteiger partial charge on any atom is -0.492 e. The Morgan fingerprint density at radius 1 is 1.20 bits per heavy atom. The number of non-ortho nitro benzene ring substituents is 1. The highest BCUT2D eigenvalue weighted by atomic mass is 16.6. The van der Waals surface area contributed by atoms with Crippen LogP contribution in [0.15, 0.2) is 48.5 Å². The predicted octanol–water partition coefficient (Wildman–Crippen LogP) is 2.77. The number of likely N-dealkylation sites (N-methyl/N-ethyl adjacent to an activating group) is 1. The van der Waals surface area contributed by atoms with Crippen LogP contribution < -0.4 is 10.5 Å². The Kier molecular flexibility index (Phi) is 6.08. The van der Waals surface area contributed by atoms with E-state index >= 15 is 0 Å². The number of ether oxygens (including phenoxy) is 1. The first-order valence-corrected chi connectivity index (χ1v) is 7.85. The van der Waals surface area contributed by atoms with E-state index in [0.717, 1.165) is 5.56 Å². The summed E-state index contributed by atoms with van der Waals surface area (Å²) in [4.78, 5) is 23.4. The number of amides is 1. The third-order valence-electron chi connectivity index (χ3n) is 4.10. The third kappa shape index (κ3) is 5.02. The van der Waals surface area contributed by atoms with Crippen molar-refractivity contribution in [1.82, 2.24) is 4.90 Å². The monoisotopic (exact) mass is 343 g/mol. The van der Waals surface area contributed by atoms with Gasteiger partial charge in [0.25, 0.3) is 5.69 Å². The van der Waals surface area contributed by atoms with Crippen LogP contribution in [0.4, 0.5) is 5.69 Å². The van der Waals surface area contributed by atoms with Crippen molar-refractivity contribution in [3.05, 3.63) is 69.8 Å². The lowest BCUT2D eigenvalue weighted by Gasteiger charge is -2.25. The molecule has 0 aliphatic rings. The number of hydrogen-bond acceptors (Lipinski definition) is 5. The van der Waals surface area contributed by atoms with Crippen molar-refractivity contribution in [2.75, 3.05) is 20.2 Å². The molecule has 2 aromatic rings. The number of carbonyl (C=O) groups is 1. The second kappa shape index (κ2) is 8.25. The Hall–Kier alpha value is -2.93. The van der Waals surface area contributed by atoms with Gasteiger partial charge in [-0.2, -0.15) is 0 Å². The Morgan fingerprint density at radius 2 is 1.80 bits per heavy atom. The number of nitro groups is 1. The van der Waals surface area contributed by atoms with E-state index in [1.807, 2.05) is 14.0 Å². The van der Waals surface area contributed by atoms with Crippen LogP contribution in [0.3, 0.4) is 0 Å². The van der Waals surface area contributed by atoms with Gasteiger partial charge >= 0.3 is 0 Å². The van der Waals surface area contributed by atoms with Crippen LogP contribution in [-0.4, -0.2) is 35.9 Å². The van der Waals surface area contributed by atoms with Gasteiger partial charge in [-0.15, -0.1) is 0 Å². The zero-order valence-electron chi connectivity index (χ0n) is 14.2. The van der Waals surface area contributed by atoms with E-state index in [1.54, 1.807) is 36.4 Å². The Morgan fingerprint density at radius 3 is 2.32 bits per heavy atom. The lowest BCUT2D eigenvalue weighted by Crippen LogP contribution is -2.27. The molecule has 1 unspecified atom stereocenters. The summed E-state index contributed by atoms with van der Waals surface area (Å²) in [5.41, 5.74) is 6.72. The van der Waals surface area contributed by atoms with Crippen molar-refractivity contribution in [1.29, 1.82) is 0 Å². The molecule has 0 saturated carbocycles. The quantitative estimate of drug-likeness (QED) is 0.587. The first-order chi connectivity index (χ1) is 11.9. The highest BCUT2D eigenvalue weighted by molar-refractivity contribution is 5.92. The number of primary amides is 1. The minimum absolute atomic E-state index is 0.0846. The van der Waals surface area contributed by atoms with E-state index in [-0.39, 0.29) is 11.7 Å². The summed E-state index contributed by atoms with van der Waals surface area (Å²) in [6.45, 7) is 3.18. The standard InChI is InChI=1S/C18H21N3O4/c1-13(14-3-7-16(8-4-14)21(23)24)20(2)11-12-25-17-9-5-15(6-10-17)18(19)22/h3-10,13H,11-12H2,1-2H3,(H2,19,22). The molecular weight excluding hydrogens is 322 g/mol. The molecule has 132 valence electrons. The summed E-state index contributed by atoms with van der Waals surface area (Å²) >= 11 is 0. The maximum Gasteiger partial charge on any atom is 0.269 e. The zero-order chi connectivity index (χ0) is 18.4. The molecular formula is C18H21N3O4. The molecule has 0 heterocycles. The molecule has 0 aromatic heterocycles. The van der Waals surface area contributed by atoms with Crippen LogP contribution in [-0.2, 0) is 0 Å². The van der Waals surface area contributed by atoms with Gasteiger partial charge in [0.2, 0.25) is 5.91 Å². The first-order valence-electron chi connectivity index (χ1n) is 7.85. The Labute approximate surface area is 146 Å². The smallest absolute Gasteiger partial charge is 0.269 e. The average molecular weight is 343 g/mol. The number of nitrogens with two attached hydrogens (primary N) is 1. The van der Waals surface area contributed by atoms with Gasteiger partial charge in [0, 0.05) is 30.3 Å². The Balaban J connectivity index is 1.85. The van der Waals surface area contributed by atoms with E-state index in [4.69, 9.17) is 10.5 Å². The van der Waals surface area contributed by atoms with Crippen molar-refractivity contribution >= 4 is 11.6 Å². The first kappa shape index (κ1) is 18.4. The molecule has 2 N–H and O–H groups in total. The summed E-state index contributed by atoms with van der Waals surface area (Å²) in [6, 6.07) is 13.3. The second-order valence-electron chi connectivity index (χ2n) is 5.74. The fourth-order valence-electron chi connectivity index (χ4n) is 2.35. The van der Waals surface area contributed by atoms with Gasteiger partial charge in [0.1, 0.15) is 12.4 Å². The van der Waals surface area contributed by atoms with Crippen LogP contribution >= 0.6 is 0 Å². The molecule has 7 heteroatoms. The lowest BCUT2D eigenvalue weighted by atomic mass is 10.1. The number of benzene rings is 2. The van der Waals surface area contributed by atoms with Crippen molar-refractivity contribution in [3.8, 4) is 5.75 Å². The van der Waals surface area contributed by atoms with Gasteiger partial charge in [0.05, 0.1) is 4.92 Å². The lowest BCUT2D eigenvalue weighted by molar-refractivity contribution is -0.384. The molecule has 7 nitrogen and oxygen atoms in total. The number of hydrogen-bond donors (Lipinski definition) is 1. The highest BCUT2D eigenvalue weighted by Gasteiger charge is 2.13. The molecule has 0 radical (unpaired) electrons. The summed E-state index contributed by atoms with van der Waals surface area (Å²) in [5.74, 6) is 0.199. The van der Waals surface area contributed by atoms with Crippen LogP contribution in [0.1, 0.15) is 28.9 Å². The number of nitro benzene ring substituents is 1. The average Bonchev–Trinajstić information content (AvgIpc) is 2.61. The molecule has 2 aromatic carbocycles. The Bertz CT molecular complexity index is 729. The van der Waals surface area contributed by atoms with Crippen LogP contribution in [0, 0.1) is 10.1 Å². The topological polar surface area (TPSA) is 98.7 Å². The highest BCUT2D eigenvalue weighted by Crippen LogP contribution is 2.21. The van der Waals surface area contributed by atoms with Gasteiger partial charge in [-0.1, -0.05) is 12.1 Å². The predicted molar refractivity (Wildman–Crippen MR) is 94.6 cm³/mol. The maximum absolute atomic E-state index is 11.0. The molecule has 0 aliphatic carbocycles.